The molecule has 0 bridgehead atoms. The summed E-state index contributed by atoms with van der Waals surface area (Å²) in [5, 5.41) is 8.49. The third kappa shape index (κ3) is 31.4. The molecule has 0 fully saturated rings. The minimum absolute atomic E-state index is 0. The van der Waals surface area contributed by atoms with Crippen LogP contribution in [-0.4, -0.2) is 13.1 Å². The van der Waals surface area contributed by atoms with Crippen molar-refractivity contribution in [3.63, 3.8) is 0 Å². The fourth-order valence-electron chi connectivity index (χ4n) is 1.32. The number of diazo groups is 1. The van der Waals surface area contributed by atoms with Crippen molar-refractivity contribution in [2.75, 3.05) is 18.0 Å². The van der Waals surface area contributed by atoms with Gasteiger partial charge in [0.25, 0.3) is 0 Å². The first-order valence-electron chi connectivity index (χ1n) is 5.90. The van der Waals surface area contributed by atoms with Crippen molar-refractivity contribution < 1.29 is 93.8 Å². The van der Waals surface area contributed by atoms with Gasteiger partial charge in [-0.3, -0.25) is 0 Å². The molecule has 0 atom stereocenters. The molecule has 0 radical (unpaired) electrons. The average molecular weight is 492 g/mol. The Bertz CT molecular complexity index is 425. The Balaban J connectivity index is -0.000000155. The number of anilines is 1. The van der Waals surface area contributed by atoms with Crippen LogP contribution in [0, 0.1) is 37.7 Å². The van der Waals surface area contributed by atoms with Crippen molar-refractivity contribution >= 4 is 11.4 Å². The van der Waals surface area contributed by atoms with Crippen LogP contribution < -0.4 is 46.8 Å². The van der Waals surface area contributed by atoms with E-state index in [4.69, 9.17) is 47.3 Å². The van der Waals surface area contributed by atoms with Gasteiger partial charge in [0.15, 0.2) is 4.98 Å². The van der Waals surface area contributed by atoms with Crippen LogP contribution in [0.1, 0.15) is 13.8 Å². The van der Waals surface area contributed by atoms with Crippen LogP contribution in [0.3, 0.4) is 0 Å². The Morgan fingerprint density at radius 1 is 0.769 bits per heavy atom. The topological polar surface area (TPSA) is 239 Å². The van der Waals surface area contributed by atoms with Gasteiger partial charge in [-0.15, -0.1) is 0 Å². The zero-order valence-electron chi connectivity index (χ0n) is 13.6. The quantitative estimate of drug-likeness (QED) is 0.284. The smallest absolute Gasteiger partial charge is 0.372 e. The van der Waals surface area contributed by atoms with Gasteiger partial charge in [-0.25, -0.2) is 0 Å². The predicted octanol–water partition coefficient (Wildman–Crippen LogP) is -7.69. The molecule has 0 aliphatic heterocycles. The zero-order chi connectivity index (χ0) is 20.4. The Morgan fingerprint density at radius 2 is 1.04 bits per heavy atom. The normalized spacial score (nSPS) is 8.81. The summed E-state index contributed by atoms with van der Waals surface area (Å²) >= 11 is 0. The van der Waals surface area contributed by atoms with Gasteiger partial charge >= 0.3 is 25.2 Å². The van der Waals surface area contributed by atoms with Crippen LogP contribution in [-0.2, 0) is 19.5 Å². The van der Waals surface area contributed by atoms with E-state index in [9.17, 15) is 0 Å². The molecular formula is C10H14Cl3N3O9Zn. The van der Waals surface area contributed by atoms with E-state index in [0.29, 0.717) is 5.69 Å². The first-order chi connectivity index (χ1) is 11.5. The Morgan fingerprint density at radius 3 is 1.23 bits per heavy atom. The molecule has 0 heterocycles. The van der Waals surface area contributed by atoms with E-state index in [0.717, 1.165) is 18.8 Å². The second-order valence-corrected chi connectivity index (χ2v) is 4.49. The molecule has 0 unspecified atom stereocenters. The van der Waals surface area contributed by atoms with Crippen molar-refractivity contribution in [1.29, 1.82) is 5.39 Å². The molecule has 1 aromatic rings. The number of rotatable bonds is 3. The molecule has 146 valence electrons. The summed E-state index contributed by atoms with van der Waals surface area (Å²) in [5.41, 5.74) is 1.76. The summed E-state index contributed by atoms with van der Waals surface area (Å²) in [6, 6.07) is 7.52. The fourth-order valence-corrected chi connectivity index (χ4v) is 1.32. The second-order valence-electron chi connectivity index (χ2n) is 3.36. The number of halogens is 3. The van der Waals surface area contributed by atoms with Crippen LogP contribution in [0.2, 0.25) is 0 Å². The standard InChI is InChI=1S/C10H14N3.3ClO3.Zn/c1-3-13(4-2)10-7-5-9(12-11)6-8-10;3*2-1(3)4;/h5-8H,3-4H2,1-2H3;;;;/q+1;3*-1;+2. The first kappa shape index (κ1) is 33.2. The van der Waals surface area contributed by atoms with E-state index in [-0.39, 0.29) is 19.5 Å². The molecule has 0 amide bonds. The molecule has 26 heavy (non-hydrogen) atoms. The van der Waals surface area contributed by atoms with Crippen molar-refractivity contribution in [3.8, 4) is 0 Å². The van der Waals surface area contributed by atoms with E-state index in [1.54, 1.807) is 12.1 Å². The van der Waals surface area contributed by atoms with Gasteiger partial charge in [0, 0.05) is 30.9 Å². The maximum absolute atomic E-state index is 8.49. The molecule has 0 aliphatic carbocycles. The Hall–Kier alpha value is -0.427. The largest absolute Gasteiger partial charge is 2.00 e. The molecule has 0 spiro atoms. The summed E-state index contributed by atoms with van der Waals surface area (Å²) in [5.74, 6) is 0. The predicted molar refractivity (Wildman–Crippen MR) is 54.7 cm³/mol. The number of hydrogen-bond acceptors (Lipinski definition) is 11. The van der Waals surface area contributed by atoms with Crippen LogP contribution in [0.15, 0.2) is 24.3 Å². The molecule has 1 rings (SSSR count). The maximum atomic E-state index is 8.49. The van der Waals surface area contributed by atoms with Crippen LogP contribution in [0.4, 0.5) is 11.4 Å². The third-order valence-corrected chi connectivity index (χ3v) is 2.09. The Kier molecular flexibility index (Phi) is 28.9. The van der Waals surface area contributed by atoms with E-state index in [1.165, 1.54) is 0 Å². The third-order valence-electron chi connectivity index (χ3n) is 2.09. The van der Waals surface area contributed by atoms with Gasteiger partial charge in [0.1, 0.15) is 0 Å². The van der Waals surface area contributed by atoms with Crippen LogP contribution >= 0.6 is 0 Å². The van der Waals surface area contributed by atoms with Gasteiger partial charge in [-0.2, -0.15) is 0 Å². The number of benzene rings is 1. The molecule has 0 N–H and O–H groups in total. The van der Waals surface area contributed by atoms with E-state index >= 15 is 0 Å². The van der Waals surface area contributed by atoms with Gasteiger partial charge in [0.2, 0.25) is 5.39 Å². The van der Waals surface area contributed by atoms with E-state index < -0.39 is 32.4 Å². The van der Waals surface area contributed by atoms with Crippen molar-refractivity contribution in [3.05, 3.63) is 29.2 Å². The summed E-state index contributed by atoms with van der Waals surface area (Å²) in [6.07, 6.45) is 0. The molecule has 0 saturated carbocycles. The number of nitrogens with zero attached hydrogens (tertiary/aromatic N) is 3. The summed E-state index contributed by atoms with van der Waals surface area (Å²) in [7, 11) is -8.56. The average Bonchev–Trinajstić information content (AvgIpc) is 2.47. The minimum Gasteiger partial charge on any atom is -0.372 e. The van der Waals surface area contributed by atoms with Crippen molar-refractivity contribution in [2.24, 2.45) is 0 Å². The second kappa shape index (κ2) is 22.6. The first-order valence-corrected chi connectivity index (χ1v) is 8.68. The fraction of sp³-hybridized carbons (Fsp3) is 0.400. The number of hydrogen-bond donors (Lipinski definition) is 0. The Labute approximate surface area is 171 Å². The molecule has 16 heteroatoms. The molecule has 12 nitrogen and oxygen atoms in total. The SMILES string of the molecule is CCN(CC)c1ccc([N+]#N)cc1.[O-][Cl+2]([O-])[O-].[O-][Cl+2]([O-])[O-].[O-][Cl+2]([O-])[O-].[Zn+2]. The van der Waals surface area contributed by atoms with E-state index in [1.807, 2.05) is 12.1 Å². The van der Waals surface area contributed by atoms with Crippen LogP contribution in [0.25, 0.3) is 4.98 Å². The minimum atomic E-state index is -2.85. The van der Waals surface area contributed by atoms with Gasteiger partial charge in [-0.05, 0) is 26.0 Å². The molecule has 0 aromatic heterocycles. The van der Waals surface area contributed by atoms with E-state index in [2.05, 4.69) is 23.7 Å². The molecule has 0 aliphatic rings. The summed E-state index contributed by atoms with van der Waals surface area (Å²) in [4.78, 5) is 5.34. The zero-order valence-corrected chi connectivity index (χ0v) is 18.8. The van der Waals surface area contributed by atoms with Gasteiger partial charge in [0.05, 0.1) is 32.4 Å². The monoisotopic (exact) mass is 489 g/mol. The summed E-state index contributed by atoms with van der Waals surface area (Å²) in [6.45, 7) is 6.22. The molecule has 1 aromatic carbocycles. The maximum Gasteiger partial charge on any atom is 2.00 e. The molecule has 0 saturated heterocycles. The van der Waals surface area contributed by atoms with Gasteiger partial charge < -0.3 is 46.8 Å². The van der Waals surface area contributed by atoms with Gasteiger partial charge in [-0.1, -0.05) is 0 Å². The van der Waals surface area contributed by atoms with Crippen molar-refractivity contribution in [2.45, 2.75) is 13.8 Å². The van der Waals surface area contributed by atoms with Crippen LogP contribution in [0.5, 0.6) is 0 Å². The molecular weight excluding hydrogens is 478 g/mol. The summed E-state index contributed by atoms with van der Waals surface area (Å²) < 4.78 is 75.7. The van der Waals surface area contributed by atoms with Crippen molar-refractivity contribution in [1.82, 2.24) is 0 Å².